The number of unbranched alkanes of at least 4 members (excludes halogenated alkanes) is 1. The highest BCUT2D eigenvalue weighted by Gasteiger charge is 2.19. The van der Waals surface area contributed by atoms with Gasteiger partial charge in [0.05, 0.1) is 5.60 Å². The van der Waals surface area contributed by atoms with Crippen molar-refractivity contribution in [3.05, 3.63) is 0 Å². The van der Waals surface area contributed by atoms with Gasteiger partial charge < -0.3 is 9.53 Å². The Balaban J connectivity index is 3.69. The van der Waals surface area contributed by atoms with Gasteiger partial charge in [0.2, 0.25) is 0 Å². The van der Waals surface area contributed by atoms with Crippen molar-refractivity contribution in [1.29, 1.82) is 0 Å². The van der Waals surface area contributed by atoms with E-state index in [2.05, 4.69) is 34.6 Å². The number of Topliss-reactive ketones (excluding diaryl/α,β-unsaturated/α-hetero) is 1. The lowest BCUT2D eigenvalue weighted by Gasteiger charge is -2.27. The number of ketones is 1. The second kappa shape index (κ2) is 7.15. The highest BCUT2D eigenvalue weighted by Crippen LogP contribution is 2.23. The number of carbonyl (C=O) groups excluding carboxylic acids is 1. The van der Waals surface area contributed by atoms with Crippen LogP contribution < -0.4 is 0 Å². The van der Waals surface area contributed by atoms with Gasteiger partial charge in [-0.05, 0) is 45.4 Å². The summed E-state index contributed by atoms with van der Waals surface area (Å²) in [6.45, 7) is 13.5. The molecule has 2 heteroatoms. The van der Waals surface area contributed by atoms with E-state index in [1.165, 1.54) is 0 Å². The van der Waals surface area contributed by atoms with Gasteiger partial charge >= 0.3 is 0 Å². The van der Waals surface area contributed by atoms with Crippen molar-refractivity contribution in [2.45, 2.75) is 79.2 Å². The molecule has 0 unspecified atom stereocenters. The lowest BCUT2D eigenvalue weighted by molar-refractivity contribution is -0.117. The van der Waals surface area contributed by atoms with Crippen molar-refractivity contribution in [3.8, 4) is 0 Å². The van der Waals surface area contributed by atoms with Crippen molar-refractivity contribution in [2.24, 2.45) is 5.41 Å². The molecule has 0 aromatic carbocycles. The molecule has 0 aliphatic heterocycles. The third-order valence-corrected chi connectivity index (χ3v) is 2.90. The van der Waals surface area contributed by atoms with Gasteiger partial charge in [-0.25, -0.2) is 0 Å². The molecule has 0 aliphatic carbocycles. The summed E-state index contributed by atoms with van der Waals surface area (Å²) in [4.78, 5) is 10.8. The number of rotatable bonds is 8. The average Bonchev–Trinajstić information content (AvgIpc) is 2.09. The van der Waals surface area contributed by atoms with Gasteiger partial charge in [-0.15, -0.1) is 0 Å². The first-order chi connectivity index (χ1) is 7.62. The number of hydrogen-bond donors (Lipinski definition) is 0. The second-order valence-electron chi connectivity index (χ2n) is 6.83. The summed E-state index contributed by atoms with van der Waals surface area (Å²) in [5.74, 6) is 0.288. The van der Waals surface area contributed by atoms with Crippen molar-refractivity contribution in [1.82, 2.24) is 0 Å². The third-order valence-electron chi connectivity index (χ3n) is 2.90. The van der Waals surface area contributed by atoms with E-state index in [0.717, 1.165) is 32.3 Å². The monoisotopic (exact) mass is 242 g/mol. The van der Waals surface area contributed by atoms with Crippen LogP contribution in [0.3, 0.4) is 0 Å². The van der Waals surface area contributed by atoms with Crippen molar-refractivity contribution < 1.29 is 9.53 Å². The lowest BCUT2D eigenvalue weighted by Crippen LogP contribution is -2.26. The van der Waals surface area contributed by atoms with E-state index in [4.69, 9.17) is 4.74 Å². The largest absolute Gasteiger partial charge is 0.376 e. The van der Waals surface area contributed by atoms with Crippen LogP contribution >= 0.6 is 0 Å². The Kier molecular flexibility index (Phi) is 6.99. The van der Waals surface area contributed by atoms with Gasteiger partial charge in [-0.2, -0.15) is 0 Å². The van der Waals surface area contributed by atoms with Gasteiger partial charge in [0.1, 0.15) is 5.78 Å². The fourth-order valence-electron chi connectivity index (χ4n) is 1.63. The van der Waals surface area contributed by atoms with Crippen molar-refractivity contribution >= 4 is 5.78 Å². The summed E-state index contributed by atoms with van der Waals surface area (Å²) in [7, 11) is 0. The number of hydrogen-bond acceptors (Lipinski definition) is 2. The molecule has 0 saturated heterocycles. The Morgan fingerprint density at radius 1 is 1.00 bits per heavy atom. The van der Waals surface area contributed by atoms with Crippen LogP contribution in [-0.2, 0) is 9.53 Å². The maximum atomic E-state index is 10.8. The first-order valence-electron chi connectivity index (χ1n) is 6.76. The Hall–Kier alpha value is -0.370. The highest BCUT2D eigenvalue weighted by atomic mass is 16.5. The van der Waals surface area contributed by atoms with E-state index < -0.39 is 0 Å². The molecule has 0 bridgehead atoms. The molecule has 17 heavy (non-hydrogen) atoms. The van der Waals surface area contributed by atoms with Crippen LogP contribution in [0.2, 0.25) is 0 Å². The standard InChI is InChI=1S/C15H30O2/c1-13(16)9-7-8-10-15(5,6)17-12-11-14(2,3)4/h7-12H2,1-6H3. The third kappa shape index (κ3) is 11.9. The molecule has 0 heterocycles. The molecule has 0 rings (SSSR count). The summed E-state index contributed by atoms with van der Waals surface area (Å²) in [5.41, 5.74) is 0.284. The Morgan fingerprint density at radius 2 is 1.59 bits per heavy atom. The molecule has 0 atom stereocenters. The molecular formula is C15H30O2. The van der Waals surface area contributed by atoms with Crippen LogP contribution in [0.15, 0.2) is 0 Å². The van der Waals surface area contributed by atoms with Gasteiger partial charge in [-0.3, -0.25) is 0 Å². The molecule has 0 fully saturated rings. The molecule has 0 N–H and O–H groups in total. The van der Waals surface area contributed by atoms with E-state index in [-0.39, 0.29) is 11.4 Å². The highest BCUT2D eigenvalue weighted by molar-refractivity contribution is 5.75. The summed E-state index contributed by atoms with van der Waals surface area (Å²) >= 11 is 0. The maximum absolute atomic E-state index is 10.8. The molecular weight excluding hydrogens is 212 g/mol. The molecule has 0 radical (unpaired) electrons. The second-order valence-corrected chi connectivity index (χ2v) is 6.83. The Morgan fingerprint density at radius 3 is 2.06 bits per heavy atom. The molecule has 0 aromatic rings. The van der Waals surface area contributed by atoms with Gasteiger partial charge in [0, 0.05) is 13.0 Å². The summed E-state index contributed by atoms with van der Waals surface area (Å²) in [6.07, 6.45) is 4.88. The molecule has 0 spiro atoms. The first-order valence-corrected chi connectivity index (χ1v) is 6.76. The fraction of sp³-hybridized carbons (Fsp3) is 0.933. The minimum Gasteiger partial charge on any atom is -0.376 e. The van der Waals surface area contributed by atoms with Gasteiger partial charge in [-0.1, -0.05) is 27.2 Å². The smallest absolute Gasteiger partial charge is 0.129 e. The van der Waals surface area contributed by atoms with E-state index in [1.54, 1.807) is 6.92 Å². The summed E-state index contributed by atoms with van der Waals surface area (Å²) < 4.78 is 5.93. The minimum absolute atomic E-state index is 0.0535. The van der Waals surface area contributed by atoms with E-state index in [0.29, 0.717) is 11.8 Å². The normalized spacial score (nSPS) is 12.8. The Bertz CT molecular complexity index is 224. The summed E-state index contributed by atoms with van der Waals surface area (Å²) in [5, 5.41) is 0. The first kappa shape index (κ1) is 16.6. The molecule has 102 valence electrons. The van der Waals surface area contributed by atoms with Crippen LogP contribution in [0.25, 0.3) is 0 Å². The van der Waals surface area contributed by atoms with E-state index in [9.17, 15) is 4.79 Å². The SMILES string of the molecule is CC(=O)CCCCC(C)(C)OCCC(C)(C)C. The minimum atomic E-state index is -0.0535. The lowest BCUT2D eigenvalue weighted by atomic mass is 9.92. The van der Waals surface area contributed by atoms with Gasteiger partial charge in [0.15, 0.2) is 0 Å². The molecule has 2 nitrogen and oxygen atoms in total. The topological polar surface area (TPSA) is 26.3 Å². The van der Waals surface area contributed by atoms with E-state index >= 15 is 0 Å². The van der Waals surface area contributed by atoms with Crippen molar-refractivity contribution in [3.63, 3.8) is 0 Å². The van der Waals surface area contributed by atoms with Crippen LogP contribution in [-0.4, -0.2) is 18.0 Å². The van der Waals surface area contributed by atoms with Crippen LogP contribution in [0.5, 0.6) is 0 Å². The van der Waals surface area contributed by atoms with Gasteiger partial charge in [0.25, 0.3) is 0 Å². The van der Waals surface area contributed by atoms with Crippen molar-refractivity contribution in [2.75, 3.05) is 6.61 Å². The number of carbonyl (C=O) groups is 1. The predicted molar refractivity (Wildman–Crippen MR) is 73.3 cm³/mol. The maximum Gasteiger partial charge on any atom is 0.129 e. The zero-order chi connectivity index (χ0) is 13.5. The molecule has 0 aliphatic rings. The zero-order valence-corrected chi connectivity index (χ0v) is 12.6. The molecule has 0 amide bonds. The zero-order valence-electron chi connectivity index (χ0n) is 12.6. The predicted octanol–water partition coefficient (Wildman–Crippen LogP) is 4.37. The molecule has 0 saturated carbocycles. The van der Waals surface area contributed by atoms with Crippen LogP contribution in [0.4, 0.5) is 0 Å². The van der Waals surface area contributed by atoms with Crippen LogP contribution in [0, 0.1) is 5.41 Å². The Labute approximate surface area is 107 Å². The summed E-state index contributed by atoms with van der Waals surface area (Å²) in [6, 6.07) is 0. The van der Waals surface area contributed by atoms with Crippen LogP contribution in [0.1, 0.15) is 73.6 Å². The average molecular weight is 242 g/mol. The quantitative estimate of drug-likeness (QED) is 0.591. The van der Waals surface area contributed by atoms with E-state index in [1.807, 2.05) is 0 Å². The number of ether oxygens (including phenoxy) is 1. The molecule has 0 aromatic heterocycles. The fourth-order valence-corrected chi connectivity index (χ4v) is 1.63.